The molecule has 1 fully saturated rings. The van der Waals surface area contributed by atoms with Crippen LogP contribution in [0, 0.1) is 5.92 Å². The maximum absolute atomic E-state index is 10.1. The van der Waals surface area contributed by atoms with Crippen molar-refractivity contribution in [3.8, 4) is 23.0 Å². The molecular weight excluding hydrogens is 438 g/mol. The minimum atomic E-state index is -0.384. The Morgan fingerprint density at radius 3 is 2.51 bits per heavy atom. The molecule has 2 N–H and O–H groups in total. The lowest BCUT2D eigenvalue weighted by Crippen LogP contribution is -2.35. The van der Waals surface area contributed by atoms with Crippen molar-refractivity contribution in [2.45, 2.75) is 39.3 Å². The van der Waals surface area contributed by atoms with Crippen molar-refractivity contribution >= 4 is 11.1 Å². The van der Waals surface area contributed by atoms with Gasteiger partial charge < -0.3 is 19.7 Å². The smallest absolute Gasteiger partial charge is 0.150 e. The van der Waals surface area contributed by atoms with E-state index in [2.05, 4.69) is 25.7 Å². The van der Waals surface area contributed by atoms with Gasteiger partial charge in [-0.25, -0.2) is 0 Å². The number of hydrogen-bond donors (Lipinski definition) is 2. The molecule has 5 nitrogen and oxygen atoms in total. The molecule has 0 bridgehead atoms. The Morgan fingerprint density at radius 2 is 1.80 bits per heavy atom. The number of nitrogens with zero attached hydrogens (tertiary/aromatic N) is 1. The van der Waals surface area contributed by atoms with Crippen molar-refractivity contribution in [3.05, 3.63) is 83.4 Å². The van der Waals surface area contributed by atoms with E-state index in [1.165, 1.54) is 6.42 Å². The first kappa shape index (κ1) is 23.3. The molecule has 3 atom stereocenters. The van der Waals surface area contributed by atoms with E-state index in [0.29, 0.717) is 18.4 Å². The minimum Gasteiger partial charge on any atom is -0.508 e. The zero-order valence-electron chi connectivity index (χ0n) is 20.6. The van der Waals surface area contributed by atoms with E-state index in [9.17, 15) is 10.2 Å². The van der Waals surface area contributed by atoms with Gasteiger partial charge in [0.2, 0.25) is 0 Å². The molecule has 5 rings (SSSR count). The Bertz CT molecular complexity index is 1230. The van der Waals surface area contributed by atoms with Crippen LogP contribution in [-0.4, -0.2) is 40.9 Å². The SMILES string of the molecule is CC1=C(c2cccc(O)c2)C(c2ccc(OC[C@H](C)N3CC[C@@H](C)C3)cc2)Oc2cc(O)ccc21. The number of allylic oxidation sites excluding steroid dienone is 1. The maximum Gasteiger partial charge on any atom is 0.150 e. The Kier molecular flexibility index (Phi) is 6.44. The van der Waals surface area contributed by atoms with Crippen molar-refractivity contribution in [1.82, 2.24) is 4.90 Å². The van der Waals surface area contributed by atoms with Crippen LogP contribution in [0.3, 0.4) is 0 Å². The summed E-state index contributed by atoms with van der Waals surface area (Å²) >= 11 is 0. The number of phenols is 2. The van der Waals surface area contributed by atoms with Gasteiger partial charge in [0, 0.05) is 29.8 Å². The molecule has 1 unspecified atom stereocenters. The molecule has 2 aliphatic heterocycles. The summed E-state index contributed by atoms with van der Waals surface area (Å²) in [5.41, 5.74) is 4.86. The fraction of sp³-hybridized carbons (Fsp3) is 0.333. The van der Waals surface area contributed by atoms with Crippen LogP contribution in [0.2, 0.25) is 0 Å². The Labute approximate surface area is 207 Å². The van der Waals surface area contributed by atoms with Gasteiger partial charge in [-0.15, -0.1) is 0 Å². The third-order valence-corrected chi connectivity index (χ3v) is 7.19. The molecule has 0 aliphatic carbocycles. The second kappa shape index (κ2) is 9.67. The van der Waals surface area contributed by atoms with Crippen molar-refractivity contribution in [2.24, 2.45) is 5.92 Å². The molecule has 5 heteroatoms. The maximum atomic E-state index is 10.1. The first-order chi connectivity index (χ1) is 16.9. The molecular formula is C30H33NO4. The van der Waals surface area contributed by atoms with Gasteiger partial charge in [0.25, 0.3) is 0 Å². The molecule has 0 amide bonds. The number of aromatic hydroxyl groups is 2. The second-order valence-corrected chi connectivity index (χ2v) is 9.89. The molecule has 0 saturated carbocycles. The van der Waals surface area contributed by atoms with Crippen LogP contribution >= 0.6 is 0 Å². The van der Waals surface area contributed by atoms with E-state index in [4.69, 9.17) is 9.47 Å². The predicted octanol–water partition coefficient (Wildman–Crippen LogP) is 6.27. The molecule has 0 aromatic heterocycles. The summed E-state index contributed by atoms with van der Waals surface area (Å²) in [4.78, 5) is 2.50. The first-order valence-electron chi connectivity index (χ1n) is 12.4. The summed E-state index contributed by atoms with van der Waals surface area (Å²) < 4.78 is 12.6. The van der Waals surface area contributed by atoms with E-state index >= 15 is 0 Å². The van der Waals surface area contributed by atoms with Crippen LogP contribution in [0.1, 0.15) is 50.0 Å². The first-order valence-corrected chi connectivity index (χ1v) is 12.4. The zero-order valence-corrected chi connectivity index (χ0v) is 20.6. The van der Waals surface area contributed by atoms with Crippen molar-refractivity contribution in [3.63, 3.8) is 0 Å². The standard InChI is InChI=1S/C30H33NO4/c1-19-13-14-31(17-19)20(2)18-34-26-10-7-22(8-11-26)30-29(23-5-4-6-24(32)15-23)21(3)27-12-9-25(33)16-28(27)35-30/h4-12,15-16,19-20,30,32-33H,13-14,17-18H2,1-3H3/t19-,20+,30?/m1/s1. The molecule has 3 aromatic carbocycles. The molecule has 2 aliphatic rings. The summed E-state index contributed by atoms with van der Waals surface area (Å²) in [5, 5.41) is 20.2. The third-order valence-electron chi connectivity index (χ3n) is 7.19. The highest BCUT2D eigenvalue weighted by atomic mass is 16.5. The van der Waals surface area contributed by atoms with Gasteiger partial charge in [0.1, 0.15) is 35.7 Å². The highest BCUT2D eigenvalue weighted by Gasteiger charge is 2.30. The average molecular weight is 472 g/mol. The van der Waals surface area contributed by atoms with E-state index in [-0.39, 0.29) is 17.6 Å². The Morgan fingerprint density at radius 1 is 1.03 bits per heavy atom. The Balaban J connectivity index is 1.41. The van der Waals surface area contributed by atoms with E-state index < -0.39 is 0 Å². The largest absolute Gasteiger partial charge is 0.508 e. The lowest BCUT2D eigenvalue weighted by molar-refractivity contribution is 0.169. The molecule has 1 saturated heterocycles. The van der Waals surface area contributed by atoms with Gasteiger partial charge >= 0.3 is 0 Å². The third kappa shape index (κ3) is 4.87. The number of fused-ring (bicyclic) bond motifs is 1. The van der Waals surface area contributed by atoms with Gasteiger partial charge in [0.15, 0.2) is 0 Å². The summed E-state index contributed by atoms with van der Waals surface area (Å²) in [7, 11) is 0. The van der Waals surface area contributed by atoms with Crippen LogP contribution in [0.5, 0.6) is 23.0 Å². The number of likely N-dealkylation sites (tertiary alicyclic amines) is 1. The van der Waals surface area contributed by atoms with Crippen LogP contribution in [0.15, 0.2) is 66.7 Å². The van der Waals surface area contributed by atoms with Crippen molar-refractivity contribution in [2.75, 3.05) is 19.7 Å². The lowest BCUT2D eigenvalue weighted by Gasteiger charge is -2.31. The topological polar surface area (TPSA) is 62.2 Å². The lowest BCUT2D eigenvalue weighted by atomic mass is 9.86. The predicted molar refractivity (Wildman–Crippen MR) is 139 cm³/mol. The number of ether oxygens (including phenoxy) is 2. The Hall–Kier alpha value is -3.44. The van der Waals surface area contributed by atoms with Gasteiger partial charge in [0.05, 0.1) is 0 Å². The van der Waals surface area contributed by atoms with E-state index in [1.807, 2.05) is 42.5 Å². The fourth-order valence-electron chi connectivity index (χ4n) is 5.15. The van der Waals surface area contributed by atoms with Crippen LogP contribution in [-0.2, 0) is 0 Å². The van der Waals surface area contributed by atoms with Gasteiger partial charge in [-0.3, -0.25) is 4.90 Å². The molecule has 0 radical (unpaired) electrons. The van der Waals surface area contributed by atoms with Gasteiger partial charge in [-0.05, 0) is 85.8 Å². The highest BCUT2D eigenvalue weighted by Crippen LogP contribution is 2.47. The monoisotopic (exact) mass is 471 g/mol. The summed E-state index contributed by atoms with van der Waals surface area (Å²) in [6.07, 6.45) is 0.876. The molecule has 3 aromatic rings. The number of rotatable bonds is 6. The summed E-state index contributed by atoms with van der Waals surface area (Å²) in [5.74, 6) is 2.62. The average Bonchev–Trinajstić information content (AvgIpc) is 3.29. The van der Waals surface area contributed by atoms with Crippen LogP contribution in [0.4, 0.5) is 0 Å². The normalized spacial score (nSPS) is 20.9. The van der Waals surface area contributed by atoms with Crippen LogP contribution in [0.25, 0.3) is 11.1 Å². The van der Waals surface area contributed by atoms with Gasteiger partial charge in [-0.1, -0.05) is 31.2 Å². The van der Waals surface area contributed by atoms with E-state index in [0.717, 1.165) is 52.6 Å². The number of phenolic OH excluding ortho intramolecular Hbond substituents is 2. The van der Waals surface area contributed by atoms with Gasteiger partial charge in [-0.2, -0.15) is 0 Å². The minimum absolute atomic E-state index is 0.168. The van der Waals surface area contributed by atoms with E-state index in [1.54, 1.807) is 24.3 Å². The molecule has 182 valence electrons. The summed E-state index contributed by atoms with van der Waals surface area (Å²) in [6, 6.07) is 20.9. The second-order valence-electron chi connectivity index (χ2n) is 9.89. The number of benzene rings is 3. The summed E-state index contributed by atoms with van der Waals surface area (Å²) in [6.45, 7) is 9.53. The zero-order chi connectivity index (χ0) is 24.5. The molecule has 35 heavy (non-hydrogen) atoms. The quantitative estimate of drug-likeness (QED) is 0.444. The van der Waals surface area contributed by atoms with Crippen molar-refractivity contribution < 1.29 is 19.7 Å². The molecule has 0 spiro atoms. The highest BCUT2D eigenvalue weighted by molar-refractivity contribution is 5.95. The van der Waals surface area contributed by atoms with Crippen LogP contribution < -0.4 is 9.47 Å². The number of hydrogen-bond acceptors (Lipinski definition) is 5. The molecule has 2 heterocycles. The fourth-order valence-corrected chi connectivity index (χ4v) is 5.15. The van der Waals surface area contributed by atoms with Crippen molar-refractivity contribution in [1.29, 1.82) is 0 Å².